The van der Waals surface area contributed by atoms with Gasteiger partial charge in [0.1, 0.15) is 5.75 Å². The van der Waals surface area contributed by atoms with E-state index < -0.39 is 0 Å². The molecule has 4 rings (SSSR count). The van der Waals surface area contributed by atoms with E-state index in [1.807, 2.05) is 19.9 Å². The first-order chi connectivity index (χ1) is 12.8. The molecule has 1 aliphatic rings. The monoisotopic (exact) mass is 361 g/mol. The van der Waals surface area contributed by atoms with E-state index in [4.69, 9.17) is 0 Å². The number of aryl methyl sites for hydroxylation is 2. The minimum absolute atomic E-state index is 0.183. The summed E-state index contributed by atoms with van der Waals surface area (Å²) < 4.78 is 0. The maximum absolute atomic E-state index is 10.9. The summed E-state index contributed by atoms with van der Waals surface area (Å²) in [7, 11) is 4.21. The largest absolute Gasteiger partial charge is 0.507 e. The van der Waals surface area contributed by atoms with Gasteiger partial charge in [0.05, 0.1) is 6.04 Å². The number of rotatable bonds is 1. The van der Waals surface area contributed by atoms with Crippen molar-refractivity contribution in [2.75, 3.05) is 14.1 Å². The Labute approximate surface area is 163 Å². The molecule has 0 spiro atoms. The third-order valence-electron chi connectivity index (χ3n) is 6.11. The molecule has 0 bridgehead atoms. The fourth-order valence-corrected chi connectivity index (χ4v) is 4.57. The average Bonchev–Trinajstić information content (AvgIpc) is 2.99. The van der Waals surface area contributed by atoms with Gasteiger partial charge in [-0.2, -0.15) is 0 Å². The molecule has 1 atom stereocenters. The van der Waals surface area contributed by atoms with Crippen molar-refractivity contribution in [1.82, 2.24) is 4.90 Å². The molecule has 0 saturated carbocycles. The summed E-state index contributed by atoms with van der Waals surface area (Å²) >= 11 is 0. The lowest BCUT2D eigenvalue weighted by atomic mass is 9.86. The van der Waals surface area contributed by atoms with Gasteiger partial charge in [0.2, 0.25) is 0 Å². The fourth-order valence-electron chi connectivity index (χ4n) is 4.57. The van der Waals surface area contributed by atoms with Crippen LogP contribution in [0.5, 0.6) is 5.75 Å². The molecule has 3 aromatic rings. The molecule has 0 fully saturated rings. The molecule has 0 amide bonds. The van der Waals surface area contributed by atoms with E-state index >= 15 is 0 Å². The van der Waals surface area contributed by atoms with Crippen molar-refractivity contribution in [3.63, 3.8) is 0 Å². The Bertz CT molecular complexity index is 1030. The van der Waals surface area contributed by atoms with Crippen molar-refractivity contribution < 1.29 is 5.11 Å². The van der Waals surface area contributed by atoms with Crippen LogP contribution in [0.4, 0.5) is 0 Å². The van der Waals surface area contributed by atoms with Gasteiger partial charge < -0.3 is 5.11 Å². The second-order valence-corrected chi connectivity index (χ2v) is 7.56. The summed E-state index contributed by atoms with van der Waals surface area (Å²) in [6.07, 6.45) is 0. The minimum Gasteiger partial charge on any atom is -0.507 e. The molecule has 2 nitrogen and oxygen atoms in total. The van der Waals surface area contributed by atoms with Crippen molar-refractivity contribution in [3.05, 3.63) is 63.7 Å². The van der Waals surface area contributed by atoms with Crippen LogP contribution in [0.3, 0.4) is 0 Å². The van der Waals surface area contributed by atoms with E-state index in [0.29, 0.717) is 5.75 Å². The van der Waals surface area contributed by atoms with E-state index in [1.54, 1.807) is 0 Å². The van der Waals surface area contributed by atoms with Crippen molar-refractivity contribution in [3.8, 4) is 16.9 Å². The van der Waals surface area contributed by atoms with Crippen LogP contribution < -0.4 is 0 Å². The summed E-state index contributed by atoms with van der Waals surface area (Å²) in [4.78, 5) is 2.24. The molecule has 1 aliphatic carbocycles. The Balaban J connectivity index is 0.00000102. The quantitative estimate of drug-likeness (QED) is 0.539. The molecule has 3 aromatic carbocycles. The standard InChI is InChI=1S/C23H25NO.C2H6/c1-12-13(2)15(4)21-20(14(12)3)19(25)11-18-22(21)16-9-7-8-10-17(16)23(18)24(5)6;1-2/h7-11,23,25H,1-6H3;1-2H3. The number of phenols is 1. The molecule has 0 aromatic heterocycles. The minimum atomic E-state index is 0.183. The molecule has 27 heavy (non-hydrogen) atoms. The number of fused-ring (bicyclic) bond motifs is 5. The van der Waals surface area contributed by atoms with Gasteiger partial charge in [-0.1, -0.05) is 38.1 Å². The van der Waals surface area contributed by atoms with Crippen LogP contribution in [0.15, 0.2) is 30.3 Å². The second-order valence-electron chi connectivity index (χ2n) is 7.56. The molecule has 1 unspecified atom stereocenters. The number of benzene rings is 3. The molecule has 0 heterocycles. The van der Waals surface area contributed by atoms with Gasteiger partial charge in [0, 0.05) is 5.39 Å². The number of phenolic OH excluding ortho intramolecular Hbond substituents is 1. The summed E-state index contributed by atoms with van der Waals surface area (Å²) in [6, 6.07) is 10.8. The van der Waals surface area contributed by atoms with Crippen LogP contribution in [0, 0.1) is 27.7 Å². The predicted molar refractivity (Wildman–Crippen MR) is 117 cm³/mol. The van der Waals surface area contributed by atoms with Crippen molar-refractivity contribution in [1.29, 1.82) is 0 Å². The van der Waals surface area contributed by atoms with E-state index in [1.165, 1.54) is 49.9 Å². The average molecular weight is 362 g/mol. The summed E-state index contributed by atoms with van der Waals surface area (Å²) in [5, 5.41) is 13.1. The first kappa shape index (κ1) is 19.4. The normalized spacial score (nSPS) is 14.8. The van der Waals surface area contributed by atoms with Crippen LogP contribution in [0.25, 0.3) is 21.9 Å². The van der Waals surface area contributed by atoms with Crippen LogP contribution in [-0.2, 0) is 0 Å². The van der Waals surface area contributed by atoms with E-state index in [0.717, 1.165) is 5.39 Å². The number of hydrogen-bond acceptors (Lipinski definition) is 2. The molecule has 0 radical (unpaired) electrons. The van der Waals surface area contributed by atoms with Crippen molar-refractivity contribution in [2.24, 2.45) is 0 Å². The van der Waals surface area contributed by atoms with Crippen LogP contribution in [-0.4, -0.2) is 24.1 Å². The van der Waals surface area contributed by atoms with Gasteiger partial charge in [0.25, 0.3) is 0 Å². The Morgan fingerprint density at radius 2 is 1.33 bits per heavy atom. The predicted octanol–water partition coefficient (Wildman–Crippen LogP) is 6.44. The maximum Gasteiger partial charge on any atom is 0.124 e. The van der Waals surface area contributed by atoms with Gasteiger partial charge in [-0.25, -0.2) is 0 Å². The van der Waals surface area contributed by atoms with Gasteiger partial charge >= 0.3 is 0 Å². The number of aromatic hydroxyl groups is 1. The van der Waals surface area contributed by atoms with Crippen molar-refractivity contribution >= 4 is 10.8 Å². The zero-order valence-corrected chi connectivity index (χ0v) is 17.9. The molecule has 1 N–H and O–H groups in total. The van der Waals surface area contributed by atoms with Crippen LogP contribution in [0.1, 0.15) is 53.3 Å². The highest BCUT2D eigenvalue weighted by molar-refractivity contribution is 6.08. The Morgan fingerprint density at radius 1 is 0.778 bits per heavy atom. The molecule has 0 saturated heterocycles. The third-order valence-corrected chi connectivity index (χ3v) is 6.11. The van der Waals surface area contributed by atoms with Gasteiger partial charge in [-0.3, -0.25) is 4.90 Å². The van der Waals surface area contributed by atoms with Gasteiger partial charge in [-0.05, 0) is 97.8 Å². The Kier molecular flexibility index (Phi) is 5.05. The highest BCUT2D eigenvalue weighted by atomic mass is 16.3. The van der Waals surface area contributed by atoms with E-state index in [-0.39, 0.29) is 6.04 Å². The summed E-state index contributed by atoms with van der Waals surface area (Å²) in [6.45, 7) is 12.7. The van der Waals surface area contributed by atoms with Crippen molar-refractivity contribution in [2.45, 2.75) is 47.6 Å². The number of hydrogen-bond donors (Lipinski definition) is 1. The zero-order chi connectivity index (χ0) is 20.0. The first-order valence-corrected chi connectivity index (χ1v) is 9.86. The van der Waals surface area contributed by atoms with E-state index in [2.05, 4.69) is 71.0 Å². The van der Waals surface area contributed by atoms with Gasteiger partial charge in [-0.15, -0.1) is 0 Å². The smallest absolute Gasteiger partial charge is 0.124 e. The summed E-state index contributed by atoms with van der Waals surface area (Å²) in [5.74, 6) is 0.400. The highest BCUT2D eigenvalue weighted by Crippen LogP contribution is 2.52. The van der Waals surface area contributed by atoms with Crippen LogP contribution in [0.2, 0.25) is 0 Å². The first-order valence-electron chi connectivity index (χ1n) is 9.86. The highest BCUT2D eigenvalue weighted by Gasteiger charge is 2.33. The Hall–Kier alpha value is -2.32. The lowest BCUT2D eigenvalue weighted by molar-refractivity contribution is 0.347. The zero-order valence-electron chi connectivity index (χ0n) is 17.9. The van der Waals surface area contributed by atoms with Gasteiger partial charge in [0.15, 0.2) is 0 Å². The SMILES string of the molecule is CC.Cc1c(C)c(C)c2c3c(cc(O)c2c1C)C(N(C)C)c1ccccc1-3. The fraction of sp³-hybridized carbons (Fsp3) is 0.360. The molecular weight excluding hydrogens is 330 g/mol. The lowest BCUT2D eigenvalue weighted by Crippen LogP contribution is -2.18. The van der Waals surface area contributed by atoms with Crippen LogP contribution >= 0.6 is 0 Å². The summed E-state index contributed by atoms with van der Waals surface area (Å²) in [5.41, 5.74) is 10.2. The molecule has 0 aliphatic heterocycles. The lowest BCUT2D eigenvalue weighted by Gasteiger charge is -2.23. The molecule has 142 valence electrons. The maximum atomic E-state index is 10.9. The third kappa shape index (κ3) is 2.66. The molecular formula is C25H31NO. The Morgan fingerprint density at radius 3 is 1.93 bits per heavy atom. The van der Waals surface area contributed by atoms with E-state index in [9.17, 15) is 5.11 Å². The number of nitrogens with zero attached hydrogens (tertiary/aromatic N) is 1. The topological polar surface area (TPSA) is 23.5 Å². The molecule has 2 heteroatoms. The second kappa shape index (κ2) is 7.01.